The normalized spacial score (nSPS) is 16.1. The Morgan fingerprint density at radius 2 is 1.96 bits per heavy atom. The zero-order valence-corrected chi connectivity index (χ0v) is 15.5. The Labute approximate surface area is 152 Å². The number of hydrogen-bond donors (Lipinski definition) is 1. The van der Waals surface area contributed by atoms with Gasteiger partial charge in [-0.25, -0.2) is 9.37 Å². The van der Waals surface area contributed by atoms with Gasteiger partial charge in [-0.2, -0.15) is 0 Å². The number of amides is 1. The van der Waals surface area contributed by atoms with Crippen LogP contribution in [0.15, 0.2) is 29.6 Å². The summed E-state index contributed by atoms with van der Waals surface area (Å²) in [6.07, 6.45) is 6.74. The maximum Gasteiger partial charge on any atom is 0.230 e. The van der Waals surface area contributed by atoms with Gasteiger partial charge in [-0.3, -0.25) is 4.79 Å². The molecule has 0 radical (unpaired) electrons. The average molecular weight is 360 g/mol. The standard InChI is InChI=1S/C20H25FN2OS/c1-15-14-25-18(23-15)6-2-5-13-22-19(24)20(11-3-4-12-20)16-7-9-17(21)10-8-16/h7-10,14H,2-6,11-13H2,1H3,(H,22,24). The van der Waals surface area contributed by atoms with Crippen molar-refractivity contribution in [1.82, 2.24) is 10.3 Å². The predicted molar refractivity (Wildman–Crippen MR) is 99.3 cm³/mol. The molecule has 1 amide bonds. The van der Waals surface area contributed by atoms with E-state index < -0.39 is 5.41 Å². The molecule has 0 unspecified atom stereocenters. The Kier molecular flexibility index (Phi) is 5.84. The number of rotatable bonds is 7. The second-order valence-electron chi connectivity index (χ2n) is 6.89. The highest BCUT2D eigenvalue weighted by molar-refractivity contribution is 7.09. The van der Waals surface area contributed by atoms with Crippen molar-refractivity contribution in [2.45, 2.75) is 57.3 Å². The number of thiazole rings is 1. The lowest BCUT2D eigenvalue weighted by atomic mass is 9.78. The number of carbonyl (C=O) groups excluding carboxylic acids is 1. The molecular formula is C20H25FN2OS. The summed E-state index contributed by atoms with van der Waals surface area (Å²) in [6.45, 7) is 2.70. The Hall–Kier alpha value is -1.75. The van der Waals surface area contributed by atoms with E-state index in [1.165, 1.54) is 17.1 Å². The molecule has 1 aromatic carbocycles. The predicted octanol–water partition coefficient (Wildman–Crippen LogP) is 4.54. The van der Waals surface area contributed by atoms with Gasteiger partial charge in [0.15, 0.2) is 0 Å². The van der Waals surface area contributed by atoms with E-state index in [-0.39, 0.29) is 11.7 Å². The minimum Gasteiger partial charge on any atom is -0.355 e. The van der Waals surface area contributed by atoms with Gasteiger partial charge in [0, 0.05) is 17.6 Å². The zero-order valence-electron chi connectivity index (χ0n) is 14.7. The molecule has 25 heavy (non-hydrogen) atoms. The van der Waals surface area contributed by atoms with Crippen LogP contribution in [0.2, 0.25) is 0 Å². The molecule has 0 spiro atoms. The van der Waals surface area contributed by atoms with Crippen molar-refractivity contribution in [1.29, 1.82) is 0 Å². The summed E-state index contributed by atoms with van der Waals surface area (Å²) in [5.74, 6) is -0.156. The molecule has 0 atom stereocenters. The molecule has 0 saturated heterocycles. The minimum absolute atomic E-state index is 0.0988. The summed E-state index contributed by atoms with van der Waals surface area (Å²) in [4.78, 5) is 17.3. The number of benzene rings is 1. The van der Waals surface area contributed by atoms with Crippen molar-refractivity contribution in [3.05, 3.63) is 51.7 Å². The van der Waals surface area contributed by atoms with Gasteiger partial charge in [-0.05, 0) is 56.7 Å². The van der Waals surface area contributed by atoms with Crippen molar-refractivity contribution in [2.75, 3.05) is 6.54 Å². The van der Waals surface area contributed by atoms with Gasteiger partial charge in [0.2, 0.25) is 5.91 Å². The Morgan fingerprint density at radius 1 is 1.24 bits per heavy atom. The molecule has 0 aliphatic heterocycles. The van der Waals surface area contributed by atoms with E-state index >= 15 is 0 Å². The summed E-state index contributed by atoms with van der Waals surface area (Å²) in [5.41, 5.74) is 1.55. The topological polar surface area (TPSA) is 42.0 Å². The number of nitrogens with one attached hydrogen (secondary N) is 1. The monoisotopic (exact) mass is 360 g/mol. The number of aryl methyl sites for hydroxylation is 2. The third-order valence-electron chi connectivity index (χ3n) is 5.06. The number of hydrogen-bond acceptors (Lipinski definition) is 3. The second kappa shape index (κ2) is 8.09. The number of nitrogens with zero attached hydrogens (tertiary/aromatic N) is 1. The largest absolute Gasteiger partial charge is 0.355 e. The van der Waals surface area contributed by atoms with E-state index in [0.717, 1.165) is 56.2 Å². The van der Waals surface area contributed by atoms with Crippen LogP contribution >= 0.6 is 11.3 Å². The SMILES string of the molecule is Cc1csc(CCCCNC(=O)C2(c3ccc(F)cc3)CCCC2)n1. The Balaban J connectivity index is 1.52. The quantitative estimate of drug-likeness (QED) is 0.737. The van der Waals surface area contributed by atoms with E-state index in [1.807, 2.05) is 6.92 Å². The molecular weight excluding hydrogens is 335 g/mol. The summed E-state index contributed by atoms with van der Waals surface area (Å²) >= 11 is 1.70. The Morgan fingerprint density at radius 3 is 2.60 bits per heavy atom. The van der Waals surface area contributed by atoms with Gasteiger partial charge in [-0.1, -0.05) is 25.0 Å². The molecule has 1 heterocycles. The van der Waals surface area contributed by atoms with Crippen LogP contribution in [-0.2, 0) is 16.6 Å². The van der Waals surface area contributed by atoms with Gasteiger partial charge in [0.05, 0.1) is 10.4 Å². The molecule has 0 bridgehead atoms. The van der Waals surface area contributed by atoms with Crippen LogP contribution in [0.1, 0.15) is 54.8 Å². The summed E-state index contributed by atoms with van der Waals surface area (Å²) in [7, 11) is 0. The van der Waals surface area contributed by atoms with Crippen molar-refractivity contribution in [3.63, 3.8) is 0 Å². The first-order valence-electron chi connectivity index (χ1n) is 9.05. The lowest BCUT2D eigenvalue weighted by Crippen LogP contribution is -2.43. The van der Waals surface area contributed by atoms with Gasteiger partial charge in [0.25, 0.3) is 0 Å². The molecule has 134 valence electrons. The number of carbonyl (C=O) groups is 1. The van der Waals surface area contributed by atoms with E-state index in [2.05, 4.69) is 15.7 Å². The van der Waals surface area contributed by atoms with E-state index in [0.29, 0.717) is 6.54 Å². The number of unbranched alkanes of at least 4 members (excludes halogenated alkanes) is 1. The molecule has 1 aliphatic carbocycles. The maximum atomic E-state index is 13.2. The van der Waals surface area contributed by atoms with Crippen LogP contribution in [0.3, 0.4) is 0 Å². The van der Waals surface area contributed by atoms with Crippen molar-refractivity contribution < 1.29 is 9.18 Å². The molecule has 3 nitrogen and oxygen atoms in total. The molecule has 2 aromatic rings. The molecule has 3 rings (SSSR count). The van der Waals surface area contributed by atoms with Crippen LogP contribution in [-0.4, -0.2) is 17.4 Å². The fourth-order valence-corrected chi connectivity index (χ4v) is 4.50. The average Bonchev–Trinajstić information content (AvgIpc) is 3.25. The molecule has 1 aromatic heterocycles. The van der Waals surface area contributed by atoms with Crippen molar-refractivity contribution >= 4 is 17.2 Å². The van der Waals surface area contributed by atoms with Crippen molar-refractivity contribution in [3.8, 4) is 0 Å². The van der Waals surface area contributed by atoms with Crippen LogP contribution < -0.4 is 5.32 Å². The lowest BCUT2D eigenvalue weighted by molar-refractivity contribution is -0.126. The molecule has 5 heteroatoms. The van der Waals surface area contributed by atoms with Gasteiger partial charge < -0.3 is 5.32 Å². The fourth-order valence-electron chi connectivity index (χ4n) is 3.68. The molecule has 1 aliphatic rings. The zero-order chi connectivity index (χ0) is 17.7. The highest BCUT2D eigenvalue weighted by atomic mass is 32.1. The van der Waals surface area contributed by atoms with E-state index in [9.17, 15) is 9.18 Å². The number of aromatic nitrogens is 1. The highest BCUT2D eigenvalue weighted by Crippen LogP contribution is 2.41. The Bertz CT molecular complexity index is 705. The van der Waals surface area contributed by atoms with E-state index in [4.69, 9.17) is 0 Å². The molecule has 1 fully saturated rings. The first-order valence-corrected chi connectivity index (χ1v) is 9.93. The number of halogens is 1. The van der Waals surface area contributed by atoms with Crippen LogP contribution in [0.25, 0.3) is 0 Å². The minimum atomic E-state index is -0.472. The van der Waals surface area contributed by atoms with Crippen molar-refractivity contribution in [2.24, 2.45) is 0 Å². The molecule has 1 saturated carbocycles. The van der Waals surface area contributed by atoms with Gasteiger partial charge >= 0.3 is 0 Å². The summed E-state index contributed by atoms with van der Waals surface area (Å²) in [6, 6.07) is 6.45. The third kappa shape index (κ3) is 4.27. The first kappa shape index (κ1) is 18.1. The van der Waals surface area contributed by atoms with Gasteiger partial charge in [-0.15, -0.1) is 11.3 Å². The first-order chi connectivity index (χ1) is 12.1. The molecule has 1 N–H and O–H groups in total. The van der Waals surface area contributed by atoms with Gasteiger partial charge in [0.1, 0.15) is 5.82 Å². The fraction of sp³-hybridized carbons (Fsp3) is 0.500. The van der Waals surface area contributed by atoms with E-state index in [1.54, 1.807) is 23.5 Å². The van der Waals surface area contributed by atoms with Crippen LogP contribution in [0.4, 0.5) is 4.39 Å². The lowest BCUT2D eigenvalue weighted by Gasteiger charge is -2.28. The summed E-state index contributed by atoms with van der Waals surface area (Å²) in [5, 5.41) is 6.36. The summed E-state index contributed by atoms with van der Waals surface area (Å²) < 4.78 is 13.2. The second-order valence-corrected chi connectivity index (χ2v) is 7.83. The smallest absolute Gasteiger partial charge is 0.230 e. The van der Waals surface area contributed by atoms with Crippen LogP contribution in [0, 0.1) is 12.7 Å². The van der Waals surface area contributed by atoms with Crippen LogP contribution in [0.5, 0.6) is 0 Å². The third-order valence-corrected chi connectivity index (χ3v) is 6.08. The highest BCUT2D eigenvalue weighted by Gasteiger charge is 2.42. The maximum absolute atomic E-state index is 13.2.